The molecule has 1 aromatic rings. The fourth-order valence-corrected chi connectivity index (χ4v) is 2.27. The van der Waals surface area contributed by atoms with Crippen LogP contribution in [0.25, 0.3) is 0 Å². The van der Waals surface area contributed by atoms with Crippen molar-refractivity contribution in [3.63, 3.8) is 0 Å². The van der Waals surface area contributed by atoms with E-state index in [1.807, 2.05) is 11.0 Å². The first-order valence-electron chi connectivity index (χ1n) is 5.02. The number of hydrogen-bond donors (Lipinski definition) is 1. The summed E-state index contributed by atoms with van der Waals surface area (Å²) in [6.45, 7) is 1.46. The smallest absolute Gasteiger partial charge is 0.293 e. The summed E-state index contributed by atoms with van der Waals surface area (Å²) in [6.07, 6.45) is 0.882. The Kier molecular flexibility index (Phi) is 3.11. The van der Waals surface area contributed by atoms with E-state index >= 15 is 0 Å². The van der Waals surface area contributed by atoms with Crippen LogP contribution in [-0.4, -0.2) is 24.1 Å². The van der Waals surface area contributed by atoms with E-state index < -0.39 is 0 Å². The van der Waals surface area contributed by atoms with Crippen LogP contribution in [0.5, 0.6) is 0 Å². The zero-order valence-electron chi connectivity index (χ0n) is 8.60. The van der Waals surface area contributed by atoms with Gasteiger partial charge in [0.05, 0.1) is 4.92 Å². The predicted octanol–water partition coefficient (Wildman–Crippen LogP) is 1.89. The second-order valence-corrected chi connectivity index (χ2v) is 4.80. The fourth-order valence-electron chi connectivity index (χ4n) is 1.92. The van der Waals surface area contributed by atoms with Crippen molar-refractivity contribution in [3.05, 3.63) is 32.8 Å². The van der Waals surface area contributed by atoms with Gasteiger partial charge in [0.1, 0.15) is 5.69 Å². The molecule has 1 saturated heterocycles. The van der Waals surface area contributed by atoms with Gasteiger partial charge in [0.15, 0.2) is 0 Å². The third kappa shape index (κ3) is 2.17. The lowest BCUT2D eigenvalue weighted by Crippen LogP contribution is -2.26. The van der Waals surface area contributed by atoms with Crippen molar-refractivity contribution >= 4 is 27.3 Å². The molecule has 86 valence electrons. The Hall–Kier alpha value is -1.14. The lowest BCUT2D eigenvalue weighted by Gasteiger charge is -2.17. The third-order valence-corrected chi connectivity index (χ3v) is 3.19. The standard InChI is InChI=1S/C10H12BrN3O2/c11-7-1-2-9(10(5-7)14(15)16)13-4-3-8(12)6-13/h1-2,5,8H,3-4,6,12H2/t8-/m0/s1. The zero-order chi connectivity index (χ0) is 11.7. The summed E-state index contributed by atoms with van der Waals surface area (Å²) in [5, 5.41) is 10.9. The summed E-state index contributed by atoms with van der Waals surface area (Å²) in [6, 6.07) is 5.22. The molecule has 1 atom stereocenters. The van der Waals surface area contributed by atoms with Crippen molar-refractivity contribution < 1.29 is 4.92 Å². The Morgan fingerprint density at radius 1 is 1.56 bits per heavy atom. The van der Waals surface area contributed by atoms with E-state index in [4.69, 9.17) is 5.73 Å². The zero-order valence-corrected chi connectivity index (χ0v) is 10.2. The maximum atomic E-state index is 10.9. The van der Waals surface area contributed by atoms with Gasteiger partial charge >= 0.3 is 0 Å². The molecule has 6 heteroatoms. The average molecular weight is 286 g/mol. The molecule has 1 fully saturated rings. The molecule has 0 radical (unpaired) electrons. The topological polar surface area (TPSA) is 72.4 Å². The molecule has 0 amide bonds. The Morgan fingerprint density at radius 3 is 2.88 bits per heavy atom. The van der Waals surface area contributed by atoms with Crippen LogP contribution in [-0.2, 0) is 0 Å². The van der Waals surface area contributed by atoms with Gasteiger partial charge in [-0.1, -0.05) is 15.9 Å². The summed E-state index contributed by atoms with van der Waals surface area (Å²) in [4.78, 5) is 12.5. The summed E-state index contributed by atoms with van der Waals surface area (Å²) in [5.74, 6) is 0. The van der Waals surface area contributed by atoms with Gasteiger partial charge in [0, 0.05) is 29.7 Å². The number of anilines is 1. The van der Waals surface area contributed by atoms with E-state index in [9.17, 15) is 10.1 Å². The molecule has 1 aromatic carbocycles. The summed E-state index contributed by atoms with van der Waals surface area (Å²) in [7, 11) is 0. The Labute approximate surface area is 102 Å². The molecule has 16 heavy (non-hydrogen) atoms. The Bertz CT molecular complexity index is 425. The molecule has 0 spiro atoms. The normalized spacial score (nSPS) is 20.1. The van der Waals surface area contributed by atoms with Crippen molar-refractivity contribution in [3.8, 4) is 0 Å². The average Bonchev–Trinajstić information content (AvgIpc) is 2.64. The minimum atomic E-state index is -0.357. The predicted molar refractivity (Wildman–Crippen MR) is 65.6 cm³/mol. The van der Waals surface area contributed by atoms with Crippen molar-refractivity contribution in [2.24, 2.45) is 5.73 Å². The van der Waals surface area contributed by atoms with Crippen molar-refractivity contribution in [1.29, 1.82) is 0 Å². The van der Waals surface area contributed by atoms with Crippen LogP contribution < -0.4 is 10.6 Å². The highest BCUT2D eigenvalue weighted by Gasteiger charge is 2.25. The molecule has 1 aliphatic heterocycles. The molecule has 1 heterocycles. The molecule has 1 aliphatic rings. The van der Waals surface area contributed by atoms with Gasteiger partial charge in [0.2, 0.25) is 0 Å². The van der Waals surface area contributed by atoms with Crippen molar-refractivity contribution in [2.45, 2.75) is 12.5 Å². The Balaban J connectivity index is 2.36. The first-order chi connectivity index (χ1) is 7.58. The van der Waals surface area contributed by atoms with Crippen LogP contribution in [0, 0.1) is 10.1 Å². The number of nitro benzene ring substituents is 1. The molecule has 2 rings (SSSR count). The Morgan fingerprint density at radius 2 is 2.31 bits per heavy atom. The molecule has 0 bridgehead atoms. The van der Waals surface area contributed by atoms with E-state index in [0.717, 1.165) is 13.0 Å². The highest BCUT2D eigenvalue weighted by Crippen LogP contribution is 2.32. The molecule has 2 N–H and O–H groups in total. The fraction of sp³-hybridized carbons (Fsp3) is 0.400. The van der Waals surface area contributed by atoms with E-state index in [2.05, 4.69) is 15.9 Å². The quantitative estimate of drug-likeness (QED) is 0.665. The molecule has 0 unspecified atom stereocenters. The summed E-state index contributed by atoms with van der Waals surface area (Å²) in [5.41, 5.74) is 6.58. The number of nitrogens with two attached hydrogens (primary N) is 1. The van der Waals surface area contributed by atoms with E-state index in [1.54, 1.807) is 6.07 Å². The summed E-state index contributed by atoms with van der Waals surface area (Å²) < 4.78 is 0.714. The number of benzene rings is 1. The van der Waals surface area contributed by atoms with Crippen LogP contribution in [0.4, 0.5) is 11.4 Å². The summed E-state index contributed by atoms with van der Waals surface area (Å²) >= 11 is 3.24. The van der Waals surface area contributed by atoms with Crippen LogP contribution in [0.15, 0.2) is 22.7 Å². The lowest BCUT2D eigenvalue weighted by atomic mass is 10.2. The minimum Gasteiger partial charge on any atom is -0.364 e. The van der Waals surface area contributed by atoms with Crippen molar-refractivity contribution in [1.82, 2.24) is 0 Å². The van der Waals surface area contributed by atoms with Crippen LogP contribution in [0.3, 0.4) is 0 Å². The van der Waals surface area contributed by atoms with Gasteiger partial charge in [-0.3, -0.25) is 10.1 Å². The molecule has 0 saturated carbocycles. The minimum absolute atomic E-state index is 0.114. The first-order valence-corrected chi connectivity index (χ1v) is 5.81. The first kappa shape index (κ1) is 11.3. The molecule has 0 aromatic heterocycles. The van der Waals surface area contributed by atoms with E-state index in [0.29, 0.717) is 16.7 Å². The molecular weight excluding hydrogens is 274 g/mol. The van der Waals surface area contributed by atoms with Gasteiger partial charge in [0.25, 0.3) is 5.69 Å². The number of nitrogens with zero attached hydrogens (tertiary/aromatic N) is 2. The second kappa shape index (κ2) is 4.39. The number of hydrogen-bond acceptors (Lipinski definition) is 4. The third-order valence-electron chi connectivity index (χ3n) is 2.70. The maximum Gasteiger partial charge on any atom is 0.293 e. The molecule has 5 nitrogen and oxygen atoms in total. The number of nitro groups is 1. The van der Waals surface area contributed by atoms with Crippen LogP contribution in [0.2, 0.25) is 0 Å². The monoisotopic (exact) mass is 285 g/mol. The maximum absolute atomic E-state index is 10.9. The molecule has 0 aliphatic carbocycles. The van der Waals surface area contributed by atoms with E-state index in [-0.39, 0.29) is 16.7 Å². The van der Waals surface area contributed by atoms with Gasteiger partial charge in [-0.25, -0.2) is 0 Å². The largest absolute Gasteiger partial charge is 0.364 e. The van der Waals surface area contributed by atoms with Crippen LogP contribution >= 0.6 is 15.9 Å². The molecular formula is C10H12BrN3O2. The van der Waals surface area contributed by atoms with E-state index in [1.165, 1.54) is 6.07 Å². The van der Waals surface area contributed by atoms with Gasteiger partial charge < -0.3 is 10.6 Å². The number of halogens is 1. The second-order valence-electron chi connectivity index (χ2n) is 3.88. The lowest BCUT2D eigenvalue weighted by molar-refractivity contribution is -0.384. The number of rotatable bonds is 2. The van der Waals surface area contributed by atoms with Crippen molar-refractivity contribution in [2.75, 3.05) is 18.0 Å². The van der Waals surface area contributed by atoms with Gasteiger partial charge in [-0.05, 0) is 18.6 Å². The van der Waals surface area contributed by atoms with Crippen LogP contribution in [0.1, 0.15) is 6.42 Å². The highest BCUT2D eigenvalue weighted by molar-refractivity contribution is 9.10. The SMILES string of the molecule is N[C@H]1CCN(c2ccc(Br)cc2[N+](=O)[O-])C1. The highest BCUT2D eigenvalue weighted by atomic mass is 79.9. The van der Waals surface area contributed by atoms with Gasteiger partial charge in [-0.15, -0.1) is 0 Å². The van der Waals surface area contributed by atoms with Gasteiger partial charge in [-0.2, -0.15) is 0 Å².